The van der Waals surface area contributed by atoms with Crippen molar-refractivity contribution in [2.45, 2.75) is 57.5 Å². The number of methoxy groups -OCH3 is 1. The molecule has 4 heterocycles. The van der Waals surface area contributed by atoms with Crippen LogP contribution in [0, 0.1) is 5.41 Å². The monoisotopic (exact) mass is 584 g/mol. The van der Waals surface area contributed by atoms with E-state index in [9.17, 15) is 13.6 Å². The number of benzene rings is 2. The molecule has 2 fully saturated rings. The number of alkyl halides is 3. The Labute approximate surface area is 245 Å². The maximum absolute atomic E-state index is 13.9. The summed E-state index contributed by atoms with van der Waals surface area (Å²) < 4.78 is 33.7. The van der Waals surface area contributed by atoms with Gasteiger partial charge in [0.15, 0.2) is 0 Å². The van der Waals surface area contributed by atoms with Gasteiger partial charge in [-0.15, -0.1) is 11.6 Å². The number of amides is 1. The molecule has 1 N–H and O–H groups in total. The fourth-order valence-electron chi connectivity index (χ4n) is 7.46. The summed E-state index contributed by atoms with van der Waals surface area (Å²) in [6.07, 6.45) is 2.51. The summed E-state index contributed by atoms with van der Waals surface area (Å²) in [5.74, 6) is 0.809. The zero-order valence-electron chi connectivity index (χ0n) is 23.8. The third-order valence-corrected chi connectivity index (χ3v) is 10.1. The number of hydrogen-bond donors (Lipinski definition) is 1. The number of carbonyl (C=O) groups excluding carboxylic acids is 1. The molecule has 0 saturated carbocycles. The first-order valence-electron chi connectivity index (χ1n) is 14.7. The standard InChI is InChI=1S/C32H39ClF2N4O2/c1-21-17-25-23-5-3-4-6-26(23)36-30(25)31(39(21)20-28(34)35)24-8-7-22(18-27(24)41-2)37-13-9-32(10-14-37)11-15-38(16-12-32)29(40)19-33/h3-8,18,21,28,31,36H,9-17,19-20H2,1-2H3/t21-,31-/m1/s1. The summed E-state index contributed by atoms with van der Waals surface area (Å²) in [5, 5.41) is 1.16. The number of fused-ring (bicyclic) bond motifs is 3. The molecule has 3 aliphatic heterocycles. The van der Waals surface area contributed by atoms with E-state index in [1.54, 1.807) is 7.11 Å². The minimum Gasteiger partial charge on any atom is -0.496 e. The highest BCUT2D eigenvalue weighted by Crippen LogP contribution is 2.46. The van der Waals surface area contributed by atoms with Gasteiger partial charge in [0, 0.05) is 66.1 Å². The van der Waals surface area contributed by atoms with E-state index in [2.05, 4.69) is 40.2 Å². The molecule has 1 aromatic heterocycles. The molecule has 3 aliphatic rings. The van der Waals surface area contributed by atoms with E-state index >= 15 is 0 Å². The zero-order chi connectivity index (χ0) is 28.7. The van der Waals surface area contributed by atoms with E-state index in [1.807, 2.05) is 28.9 Å². The van der Waals surface area contributed by atoms with Crippen LogP contribution < -0.4 is 9.64 Å². The molecule has 2 saturated heterocycles. The van der Waals surface area contributed by atoms with Crippen LogP contribution in [0.2, 0.25) is 0 Å². The van der Waals surface area contributed by atoms with E-state index in [0.717, 1.165) is 91.9 Å². The van der Waals surface area contributed by atoms with Crippen LogP contribution >= 0.6 is 11.6 Å². The van der Waals surface area contributed by atoms with Crippen molar-refractivity contribution < 1.29 is 18.3 Å². The predicted octanol–water partition coefficient (Wildman–Crippen LogP) is 6.23. The second kappa shape index (κ2) is 11.4. The smallest absolute Gasteiger partial charge is 0.251 e. The lowest BCUT2D eigenvalue weighted by Crippen LogP contribution is -2.48. The van der Waals surface area contributed by atoms with Crippen molar-refractivity contribution >= 4 is 34.1 Å². The van der Waals surface area contributed by atoms with E-state index in [1.165, 1.54) is 5.56 Å². The van der Waals surface area contributed by atoms with Crippen molar-refractivity contribution in [1.82, 2.24) is 14.8 Å². The first kappa shape index (κ1) is 28.3. The number of piperidine rings is 2. The van der Waals surface area contributed by atoms with E-state index in [0.29, 0.717) is 0 Å². The number of ether oxygens (including phenoxy) is 1. The highest BCUT2D eigenvalue weighted by atomic mass is 35.5. The molecule has 2 atom stereocenters. The predicted molar refractivity (Wildman–Crippen MR) is 159 cm³/mol. The Hall–Kier alpha value is -2.84. The van der Waals surface area contributed by atoms with Gasteiger partial charge in [-0.2, -0.15) is 0 Å². The van der Waals surface area contributed by atoms with Gasteiger partial charge in [-0.3, -0.25) is 9.69 Å². The molecule has 41 heavy (non-hydrogen) atoms. The van der Waals surface area contributed by atoms with Crippen LogP contribution in [0.3, 0.4) is 0 Å². The van der Waals surface area contributed by atoms with Crippen molar-refractivity contribution in [3.8, 4) is 5.75 Å². The van der Waals surface area contributed by atoms with E-state index in [-0.39, 0.29) is 35.8 Å². The SMILES string of the molecule is COc1cc(N2CCC3(CCN(C(=O)CCl)CC3)CC2)ccc1[C@@H]1c2[nH]c3ccccc3c2C[C@@H](C)N1CC(F)F. The average molecular weight is 585 g/mol. The molecule has 6 rings (SSSR count). The van der Waals surface area contributed by atoms with Gasteiger partial charge in [0.2, 0.25) is 5.91 Å². The van der Waals surface area contributed by atoms with Gasteiger partial charge in [0.1, 0.15) is 11.6 Å². The van der Waals surface area contributed by atoms with Crippen molar-refractivity contribution in [3.05, 3.63) is 59.3 Å². The number of likely N-dealkylation sites (tertiary alicyclic amines) is 1. The highest BCUT2D eigenvalue weighted by Gasteiger charge is 2.40. The molecule has 9 heteroatoms. The van der Waals surface area contributed by atoms with Gasteiger partial charge in [0.25, 0.3) is 6.43 Å². The summed E-state index contributed by atoms with van der Waals surface area (Å²) in [5.41, 5.74) is 5.50. The Morgan fingerprint density at radius 2 is 1.80 bits per heavy atom. The van der Waals surface area contributed by atoms with Crippen LogP contribution in [0.4, 0.5) is 14.5 Å². The summed E-state index contributed by atoms with van der Waals surface area (Å²) in [7, 11) is 1.67. The number of rotatable bonds is 6. The van der Waals surface area contributed by atoms with Crippen molar-refractivity contribution in [1.29, 1.82) is 0 Å². The van der Waals surface area contributed by atoms with Crippen LogP contribution in [-0.4, -0.2) is 78.9 Å². The maximum atomic E-state index is 13.9. The lowest BCUT2D eigenvalue weighted by Gasteiger charge is -2.47. The number of aromatic amines is 1. The highest BCUT2D eigenvalue weighted by molar-refractivity contribution is 6.27. The summed E-state index contributed by atoms with van der Waals surface area (Å²) >= 11 is 5.77. The van der Waals surface area contributed by atoms with E-state index < -0.39 is 6.43 Å². The summed E-state index contributed by atoms with van der Waals surface area (Å²) in [6, 6.07) is 14.1. The fraction of sp³-hybridized carbons (Fsp3) is 0.531. The van der Waals surface area contributed by atoms with E-state index in [4.69, 9.17) is 16.3 Å². The first-order chi connectivity index (χ1) is 19.8. The largest absolute Gasteiger partial charge is 0.496 e. The van der Waals surface area contributed by atoms with Crippen molar-refractivity contribution in [2.24, 2.45) is 5.41 Å². The Morgan fingerprint density at radius 1 is 1.10 bits per heavy atom. The van der Waals surface area contributed by atoms with Crippen LogP contribution in [0.25, 0.3) is 10.9 Å². The minimum atomic E-state index is -2.43. The number of hydrogen-bond acceptors (Lipinski definition) is 4. The van der Waals surface area contributed by atoms with Gasteiger partial charge in [-0.25, -0.2) is 8.78 Å². The third-order valence-electron chi connectivity index (χ3n) is 9.86. The van der Waals surface area contributed by atoms with Gasteiger partial charge < -0.3 is 19.5 Å². The molecule has 0 radical (unpaired) electrons. The third kappa shape index (κ3) is 5.29. The normalized spacial score (nSPS) is 22.9. The molecule has 1 spiro atoms. The number of para-hydroxylation sites is 1. The molecular formula is C32H39ClF2N4O2. The number of halogens is 3. The number of aromatic nitrogens is 1. The molecular weight excluding hydrogens is 546 g/mol. The lowest BCUT2D eigenvalue weighted by molar-refractivity contribution is -0.131. The molecule has 220 valence electrons. The molecule has 6 nitrogen and oxygen atoms in total. The molecule has 1 amide bonds. The number of carbonyl (C=O) groups is 1. The van der Waals surface area contributed by atoms with Crippen LogP contribution in [0.5, 0.6) is 5.75 Å². The number of anilines is 1. The van der Waals surface area contributed by atoms with Crippen molar-refractivity contribution in [3.63, 3.8) is 0 Å². The van der Waals surface area contributed by atoms with Gasteiger partial charge >= 0.3 is 0 Å². The quantitative estimate of drug-likeness (QED) is 0.349. The zero-order valence-corrected chi connectivity index (χ0v) is 24.6. The Morgan fingerprint density at radius 3 is 2.49 bits per heavy atom. The second-order valence-corrected chi connectivity index (χ2v) is 12.3. The minimum absolute atomic E-state index is 0.0326. The Bertz CT molecular complexity index is 1390. The van der Waals surface area contributed by atoms with Gasteiger partial charge in [0.05, 0.1) is 19.7 Å². The molecule has 2 aromatic carbocycles. The molecule has 0 bridgehead atoms. The molecule has 0 unspecified atom stereocenters. The first-order valence-corrected chi connectivity index (χ1v) is 15.3. The average Bonchev–Trinajstić information content (AvgIpc) is 3.35. The van der Waals surface area contributed by atoms with Crippen molar-refractivity contribution in [2.75, 3.05) is 50.6 Å². The lowest BCUT2D eigenvalue weighted by atomic mass is 9.71. The Balaban J connectivity index is 1.26. The Kier molecular flexibility index (Phi) is 7.90. The second-order valence-electron chi connectivity index (χ2n) is 12.0. The van der Waals surface area contributed by atoms with Crippen LogP contribution in [0.1, 0.15) is 55.5 Å². The van der Waals surface area contributed by atoms with Crippen LogP contribution in [0.15, 0.2) is 42.5 Å². The number of nitrogens with one attached hydrogen (secondary N) is 1. The maximum Gasteiger partial charge on any atom is 0.251 e. The molecule has 3 aromatic rings. The fourth-order valence-corrected chi connectivity index (χ4v) is 7.63. The molecule has 0 aliphatic carbocycles. The topological polar surface area (TPSA) is 51.8 Å². The number of nitrogens with zero attached hydrogens (tertiary/aromatic N) is 3. The summed E-state index contributed by atoms with van der Waals surface area (Å²) in [6.45, 7) is 5.21. The van der Waals surface area contributed by atoms with Gasteiger partial charge in [-0.1, -0.05) is 24.3 Å². The van der Waals surface area contributed by atoms with Crippen LogP contribution in [-0.2, 0) is 11.2 Å². The van der Waals surface area contributed by atoms with Gasteiger partial charge in [-0.05, 0) is 62.1 Å². The summed E-state index contributed by atoms with van der Waals surface area (Å²) in [4.78, 5) is 21.8. The number of H-pyrrole nitrogens is 1.